The van der Waals surface area contributed by atoms with Gasteiger partial charge in [-0.25, -0.2) is 4.98 Å². The van der Waals surface area contributed by atoms with Crippen molar-refractivity contribution >= 4 is 27.0 Å². The Hall–Kier alpha value is -3.36. The topological polar surface area (TPSA) is 81.4 Å². The lowest BCUT2D eigenvalue weighted by Gasteiger charge is -2.47. The molecule has 3 aromatic carbocycles. The van der Waals surface area contributed by atoms with Crippen LogP contribution in [0.15, 0.2) is 108 Å². The molecule has 0 saturated carbocycles. The first-order valence-corrected chi connectivity index (χ1v) is 26.7. The molecule has 0 radical (unpaired) electrons. The van der Waals surface area contributed by atoms with Crippen LogP contribution in [0.4, 0.5) is 0 Å². The van der Waals surface area contributed by atoms with Gasteiger partial charge in [0, 0.05) is 19.4 Å². The van der Waals surface area contributed by atoms with Gasteiger partial charge in [0.2, 0.25) is 5.89 Å². The van der Waals surface area contributed by atoms with E-state index in [4.69, 9.17) is 37.2 Å². The normalized spacial score (nSPS) is 21.7. The minimum atomic E-state index is -2.86. The van der Waals surface area contributed by atoms with Crippen LogP contribution in [-0.4, -0.2) is 59.8 Å². The van der Waals surface area contributed by atoms with E-state index in [1.54, 1.807) is 13.4 Å². The molecule has 0 bridgehead atoms. The zero-order chi connectivity index (χ0) is 43.8. The molecule has 332 valence electrons. The summed E-state index contributed by atoms with van der Waals surface area (Å²) in [5.41, 5.74) is 4.70. The predicted molar refractivity (Wildman–Crippen MR) is 251 cm³/mol. The fraction of sp³-hybridized carbons (Fsp3) is 0.549. The van der Waals surface area contributed by atoms with E-state index >= 15 is 0 Å². The van der Waals surface area contributed by atoms with Crippen LogP contribution >= 0.6 is 0 Å². The number of benzene rings is 3. The van der Waals surface area contributed by atoms with Crippen LogP contribution < -0.4 is 15.1 Å². The molecule has 6 rings (SSSR count). The maximum atomic E-state index is 7.80. The highest BCUT2D eigenvalue weighted by atomic mass is 28.4. The molecule has 0 spiro atoms. The predicted octanol–water partition coefficient (Wildman–Crippen LogP) is 11.6. The van der Waals surface area contributed by atoms with Crippen LogP contribution in [0.25, 0.3) is 0 Å². The number of aromatic nitrogens is 1. The molecule has 8 nitrogen and oxygen atoms in total. The Labute approximate surface area is 369 Å². The van der Waals surface area contributed by atoms with Crippen molar-refractivity contribution in [2.45, 2.75) is 166 Å². The van der Waals surface area contributed by atoms with Gasteiger partial charge in [-0.2, -0.15) is 0 Å². The molecule has 2 aliphatic heterocycles. The largest absolute Gasteiger partial charge is 0.497 e. The van der Waals surface area contributed by atoms with E-state index in [1.807, 2.05) is 24.3 Å². The van der Waals surface area contributed by atoms with Crippen molar-refractivity contribution in [3.05, 3.63) is 120 Å². The minimum absolute atomic E-state index is 0.00922. The Morgan fingerprint density at radius 1 is 0.754 bits per heavy atom. The highest BCUT2D eigenvalue weighted by molar-refractivity contribution is 6.99. The van der Waals surface area contributed by atoms with Gasteiger partial charge in [-0.15, -0.1) is 0 Å². The molecule has 0 unspecified atom stereocenters. The summed E-state index contributed by atoms with van der Waals surface area (Å²) in [5, 5.41) is 2.37. The third-order valence-electron chi connectivity index (χ3n) is 13.1. The van der Waals surface area contributed by atoms with E-state index in [9.17, 15) is 0 Å². The zero-order valence-electron chi connectivity index (χ0n) is 38.7. The second-order valence-corrected chi connectivity index (χ2v) is 29.1. The van der Waals surface area contributed by atoms with E-state index in [1.165, 1.54) is 15.9 Å². The first-order valence-electron chi connectivity index (χ1n) is 22.7. The van der Waals surface area contributed by atoms with Crippen LogP contribution in [0.3, 0.4) is 0 Å². The van der Waals surface area contributed by atoms with E-state index in [2.05, 4.69) is 130 Å². The third kappa shape index (κ3) is 11.2. The Bertz CT molecular complexity index is 1880. The van der Waals surface area contributed by atoms with E-state index in [0.717, 1.165) is 55.7 Å². The summed E-state index contributed by atoms with van der Waals surface area (Å²) in [6.45, 7) is 27.0. The number of rotatable bonds is 19. The fourth-order valence-electron chi connectivity index (χ4n) is 10.4. The van der Waals surface area contributed by atoms with Gasteiger partial charge >= 0.3 is 0 Å². The van der Waals surface area contributed by atoms with Crippen LogP contribution in [0.2, 0.25) is 21.7 Å². The average Bonchev–Trinajstić information content (AvgIpc) is 3.70. The summed E-state index contributed by atoms with van der Waals surface area (Å²) in [6, 6.07) is 29.7. The summed E-state index contributed by atoms with van der Waals surface area (Å²) >= 11 is 0. The summed E-state index contributed by atoms with van der Waals surface area (Å²) in [6.07, 6.45) is 5.98. The molecule has 2 fully saturated rings. The van der Waals surface area contributed by atoms with Crippen molar-refractivity contribution in [3.63, 3.8) is 0 Å². The van der Waals surface area contributed by atoms with Crippen molar-refractivity contribution in [2.75, 3.05) is 13.7 Å². The van der Waals surface area contributed by atoms with Gasteiger partial charge in [0.15, 0.2) is 8.32 Å². The second-order valence-electron chi connectivity index (χ2n) is 19.4. The third-order valence-corrected chi connectivity index (χ3v) is 24.3. The monoisotopic (exact) mass is 867 g/mol. The summed E-state index contributed by atoms with van der Waals surface area (Å²) < 4.78 is 46.1. The van der Waals surface area contributed by atoms with Gasteiger partial charge in [-0.3, -0.25) is 0 Å². The second kappa shape index (κ2) is 20.9. The number of methoxy groups -OCH3 is 1. The molecule has 3 heterocycles. The molecule has 4 aromatic rings. The highest BCUT2D eigenvalue weighted by Gasteiger charge is 2.53. The zero-order valence-corrected chi connectivity index (χ0v) is 40.7. The van der Waals surface area contributed by atoms with Crippen molar-refractivity contribution in [1.82, 2.24) is 4.98 Å². The van der Waals surface area contributed by atoms with Crippen molar-refractivity contribution < 1.29 is 32.2 Å². The molecule has 0 amide bonds. The fourth-order valence-corrected chi connectivity index (χ4v) is 20.6. The van der Waals surface area contributed by atoms with Gasteiger partial charge in [-0.05, 0) is 75.4 Å². The molecule has 61 heavy (non-hydrogen) atoms. The van der Waals surface area contributed by atoms with Gasteiger partial charge in [0.1, 0.15) is 30.4 Å². The lowest BCUT2D eigenvalue weighted by atomic mass is 9.91. The molecule has 5 atom stereocenters. The first-order chi connectivity index (χ1) is 29.1. The summed E-state index contributed by atoms with van der Waals surface area (Å²) in [7, 11) is -3.16. The first kappa shape index (κ1) is 47.1. The number of oxazole rings is 1. The van der Waals surface area contributed by atoms with Crippen molar-refractivity contribution in [1.29, 1.82) is 0 Å². The van der Waals surface area contributed by atoms with Gasteiger partial charge < -0.3 is 32.2 Å². The van der Waals surface area contributed by atoms with E-state index in [0.29, 0.717) is 35.5 Å². The summed E-state index contributed by atoms with van der Waals surface area (Å²) in [5.74, 6) is 1.34. The van der Waals surface area contributed by atoms with E-state index in [-0.39, 0.29) is 42.2 Å². The van der Waals surface area contributed by atoms with E-state index < -0.39 is 16.6 Å². The van der Waals surface area contributed by atoms with Gasteiger partial charge in [0.25, 0.3) is 8.32 Å². The summed E-state index contributed by atoms with van der Waals surface area (Å²) in [4.78, 5) is 4.95. The molecule has 1 aromatic heterocycles. The molecule has 2 aliphatic rings. The standard InChI is InChI=1S/C51H73NO7Si2/c1-36(2)60(37(3)4,38(5)6)56-27-26-42-28-39(7)29-43(57-42)30-44-31-45(59-61(51(8,9)10,46-18-14-12-15-19-46)47-20-16-13-17-21-47)32-49(58-44)48-34-55-50(52-48)35-54-33-40-22-24-41(53-11)25-23-40/h12-25,34,36-38,42-45,49H,7,26-33,35H2,1-6,8-11H3/t42-,43+,44+,45+,49+/m0/s1. The molecule has 10 heteroatoms. The molecule has 0 N–H and O–H groups in total. The van der Waals surface area contributed by atoms with Crippen LogP contribution in [0.1, 0.15) is 124 Å². The SMILES string of the molecule is C=C1C[C@H](C[C@@H]2C[C@@H](O[Si](c3ccccc3)(c3ccccc3)C(C)(C)C)C[C@H](c3coc(COCc4ccc(OC)cc4)n3)O2)O[C@@H](CCO[Si](C(C)C)(C(C)C)C(C)C)C1. The smallest absolute Gasteiger partial charge is 0.261 e. The maximum Gasteiger partial charge on any atom is 0.261 e. The molecular weight excluding hydrogens is 795 g/mol. The van der Waals surface area contributed by atoms with Crippen LogP contribution in [0, 0.1) is 0 Å². The van der Waals surface area contributed by atoms with Crippen LogP contribution in [-0.2, 0) is 36.3 Å². The van der Waals surface area contributed by atoms with Gasteiger partial charge in [0.05, 0.1) is 38.1 Å². The Kier molecular flexibility index (Phi) is 16.1. The van der Waals surface area contributed by atoms with Crippen LogP contribution in [0.5, 0.6) is 5.75 Å². The maximum absolute atomic E-state index is 7.80. The number of hydrogen-bond acceptors (Lipinski definition) is 8. The molecule has 2 saturated heterocycles. The Morgan fingerprint density at radius 2 is 1.36 bits per heavy atom. The van der Waals surface area contributed by atoms with Gasteiger partial charge in [-0.1, -0.05) is 147 Å². The lowest BCUT2D eigenvalue weighted by molar-refractivity contribution is -0.126. The molecular formula is C51H73NO7Si2. The van der Waals surface area contributed by atoms with Crippen molar-refractivity contribution in [3.8, 4) is 5.75 Å². The average molecular weight is 868 g/mol. The Morgan fingerprint density at radius 3 is 1.93 bits per heavy atom. The quantitative estimate of drug-likeness (QED) is 0.0681. The Balaban J connectivity index is 1.23. The molecule has 0 aliphatic carbocycles. The minimum Gasteiger partial charge on any atom is -0.497 e. The highest BCUT2D eigenvalue weighted by Crippen LogP contribution is 2.44. The number of hydrogen-bond donors (Lipinski definition) is 0. The number of nitrogens with zero attached hydrogens (tertiary/aromatic N) is 1. The lowest BCUT2D eigenvalue weighted by Crippen LogP contribution is -2.68. The van der Waals surface area contributed by atoms with Crippen molar-refractivity contribution in [2.24, 2.45) is 0 Å². The number of ether oxygens (including phenoxy) is 4.